The third-order valence-corrected chi connectivity index (χ3v) is 4.98. The molecule has 1 aromatic heterocycles. The molecular formula is C18H21N5O2. The van der Waals surface area contributed by atoms with Gasteiger partial charge in [-0.15, -0.1) is 10.2 Å². The molecule has 1 atom stereocenters. The molecule has 0 unspecified atom stereocenters. The number of rotatable bonds is 3. The zero-order chi connectivity index (χ0) is 17.4. The van der Waals surface area contributed by atoms with E-state index >= 15 is 0 Å². The molecule has 3 heterocycles. The van der Waals surface area contributed by atoms with Crippen molar-refractivity contribution in [1.29, 1.82) is 0 Å². The molecule has 2 amide bonds. The highest BCUT2D eigenvalue weighted by molar-refractivity contribution is 5.97. The highest BCUT2D eigenvalue weighted by Crippen LogP contribution is 2.22. The second kappa shape index (κ2) is 6.31. The van der Waals surface area contributed by atoms with Gasteiger partial charge in [0.2, 0.25) is 5.91 Å². The van der Waals surface area contributed by atoms with Gasteiger partial charge in [-0.05, 0) is 44.0 Å². The summed E-state index contributed by atoms with van der Waals surface area (Å²) in [6.07, 6.45) is 3.19. The standard InChI is InChI=1S/C18H21N5O2/c1-12-20-21-16-9-6-14(11-23(12)16)19-18(25)13-4-7-15(8-5-13)22-10-2-3-17(22)24/h4-5,7-8,14H,2-3,6,9-11H2,1H3,(H,19,25)/t14-/m0/s1. The minimum Gasteiger partial charge on any atom is -0.347 e. The lowest BCUT2D eigenvalue weighted by Crippen LogP contribution is -2.41. The van der Waals surface area contributed by atoms with E-state index < -0.39 is 0 Å². The maximum absolute atomic E-state index is 12.5. The van der Waals surface area contributed by atoms with Crippen LogP contribution >= 0.6 is 0 Å². The van der Waals surface area contributed by atoms with Gasteiger partial charge in [-0.1, -0.05) is 0 Å². The Kier molecular flexibility index (Phi) is 3.99. The molecule has 0 spiro atoms. The van der Waals surface area contributed by atoms with Crippen molar-refractivity contribution in [2.45, 2.75) is 45.2 Å². The largest absolute Gasteiger partial charge is 0.347 e. The van der Waals surface area contributed by atoms with Gasteiger partial charge < -0.3 is 14.8 Å². The van der Waals surface area contributed by atoms with Crippen LogP contribution in [0.3, 0.4) is 0 Å². The fourth-order valence-electron chi connectivity index (χ4n) is 3.56. The summed E-state index contributed by atoms with van der Waals surface area (Å²) in [5.41, 5.74) is 1.48. The van der Waals surface area contributed by atoms with Crippen LogP contribution < -0.4 is 10.2 Å². The van der Waals surface area contributed by atoms with Crippen molar-refractivity contribution in [3.63, 3.8) is 0 Å². The average molecular weight is 339 g/mol. The summed E-state index contributed by atoms with van der Waals surface area (Å²) >= 11 is 0. The van der Waals surface area contributed by atoms with Crippen LogP contribution in [0, 0.1) is 6.92 Å². The summed E-state index contributed by atoms with van der Waals surface area (Å²) in [4.78, 5) is 26.1. The fourth-order valence-corrected chi connectivity index (χ4v) is 3.56. The number of benzene rings is 1. The number of hydrogen-bond donors (Lipinski definition) is 1. The first-order chi connectivity index (χ1) is 12.1. The van der Waals surface area contributed by atoms with Crippen molar-refractivity contribution in [2.24, 2.45) is 0 Å². The Morgan fingerprint density at radius 2 is 2.00 bits per heavy atom. The highest BCUT2D eigenvalue weighted by atomic mass is 16.2. The monoisotopic (exact) mass is 339 g/mol. The molecule has 2 aromatic rings. The van der Waals surface area contributed by atoms with Crippen molar-refractivity contribution in [1.82, 2.24) is 20.1 Å². The molecule has 7 nitrogen and oxygen atoms in total. The summed E-state index contributed by atoms with van der Waals surface area (Å²) in [7, 11) is 0. The summed E-state index contributed by atoms with van der Waals surface area (Å²) in [5.74, 6) is 1.94. The quantitative estimate of drug-likeness (QED) is 0.918. The lowest BCUT2D eigenvalue weighted by atomic mass is 10.1. The molecule has 0 bridgehead atoms. The molecule has 1 aromatic carbocycles. The van der Waals surface area contributed by atoms with Crippen LogP contribution in [0.2, 0.25) is 0 Å². The van der Waals surface area contributed by atoms with E-state index in [-0.39, 0.29) is 17.9 Å². The maximum Gasteiger partial charge on any atom is 0.251 e. The molecule has 4 rings (SSSR count). The maximum atomic E-state index is 12.5. The molecule has 1 fully saturated rings. The molecule has 7 heteroatoms. The molecule has 2 aliphatic rings. The van der Waals surface area contributed by atoms with Crippen molar-refractivity contribution in [2.75, 3.05) is 11.4 Å². The number of anilines is 1. The third kappa shape index (κ3) is 3.01. The number of carbonyl (C=O) groups excluding carboxylic acids is 2. The van der Waals surface area contributed by atoms with Gasteiger partial charge in [-0.2, -0.15) is 0 Å². The Labute approximate surface area is 146 Å². The molecule has 2 aliphatic heterocycles. The zero-order valence-corrected chi connectivity index (χ0v) is 14.2. The Hall–Kier alpha value is -2.70. The van der Waals surface area contributed by atoms with Crippen LogP contribution in [0.1, 0.15) is 41.3 Å². The van der Waals surface area contributed by atoms with Gasteiger partial charge in [-0.25, -0.2) is 0 Å². The summed E-state index contributed by atoms with van der Waals surface area (Å²) < 4.78 is 2.07. The molecule has 0 saturated carbocycles. The molecule has 1 saturated heterocycles. The fraction of sp³-hybridized carbons (Fsp3) is 0.444. The predicted octanol–water partition coefficient (Wildman–Crippen LogP) is 1.46. The van der Waals surface area contributed by atoms with Crippen LogP contribution in [-0.2, 0) is 17.8 Å². The Morgan fingerprint density at radius 1 is 1.20 bits per heavy atom. The van der Waals surface area contributed by atoms with Crippen LogP contribution in [0.25, 0.3) is 0 Å². The summed E-state index contributed by atoms with van der Waals surface area (Å²) in [6.45, 7) is 3.40. The van der Waals surface area contributed by atoms with E-state index in [1.165, 1.54) is 0 Å². The van der Waals surface area contributed by atoms with E-state index in [0.29, 0.717) is 18.5 Å². The highest BCUT2D eigenvalue weighted by Gasteiger charge is 2.24. The normalized spacial score (nSPS) is 19.8. The van der Waals surface area contributed by atoms with Crippen molar-refractivity contribution in [3.05, 3.63) is 41.5 Å². The van der Waals surface area contributed by atoms with Gasteiger partial charge in [0.15, 0.2) is 0 Å². The van der Waals surface area contributed by atoms with Gasteiger partial charge in [-0.3, -0.25) is 9.59 Å². The van der Waals surface area contributed by atoms with Gasteiger partial charge in [0.1, 0.15) is 11.6 Å². The number of aromatic nitrogens is 3. The minimum atomic E-state index is -0.0847. The molecule has 1 N–H and O–H groups in total. The number of amides is 2. The van der Waals surface area contributed by atoms with Crippen molar-refractivity contribution >= 4 is 17.5 Å². The van der Waals surface area contributed by atoms with Crippen LogP contribution in [0.5, 0.6) is 0 Å². The van der Waals surface area contributed by atoms with Gasteiger partial charge >= 0.3 is 0 Å². The van der Waals surface area contributed by atoms with E-state index in [0.717, 1.165) is 43.1 Å². The second-order valence-corrected chi connectivity index (χ2v) is 6.68. The molecule has 25 heavy (non-hydrogen) atoms. The topological polar surface area (TPSA) is 80.1 Å². The van der Waals surface area contributed by atoms with E-state index in [2.05, 4.69) is 20.1 Å². The van der Waals surface area contributed by atoms with E-state index in [1.807, 2.05) is 19.1 Å². The number of nitrogens with zero attached hydrogens (tertiary/aromatic N) is 4. The number of fused-ring (bicyclic) bond motifs is 1. The van der Waals surface area contributed by atoms with Crippen molar-refractivity contribution in [3.8, 4) is 0 Å². The molecule has 0 radical (unpaired) electrons. The first-order valence-corrected chi connectivity index (χ1v) is 8.72. The predicted molar refractivity (Wildman–Crippen MR) is 92.4 cm³/mol. The van der Waals surface area contributed by atoms with Crippen LogP contribution in [-0.4, -0.2) is 39.2 Å². The molecule has 0 aliphatic carbocycles. The first-order valence-electron chi connectivity index (χ1n) is 8.72. The van der Waals surface area contributed by atoms with Crippen LogP contribution in [0.15, 0.2) is 24.3 Å². The Bertz CT molecular complexity index is 811. The van der Waals surface area contributed by atoms with Crippen molar-refractivity contribution < 1.29 is 9.59 Å². The number of nitrogens with one attached hydrogen (secondary N) is 1. The van der Waals surface area contributed by atoms with E-state index in [1.54, 1.807) is 17.0 Å². The third-order valence-electron chi connectivity index (χ3n) is 4.98. The smallest absolute Gasteiger partial charge is 0.251 e. The second-order valence-electron chi connectivity index (χ2n) is 6.68. The Morgan fingerprint density at radius 3 is 2.72 bits per heavy atom. The number of carbonyl (C=O) groups is 2. The van der Waals surface area contributed by atoms with E-state index in [4.69, 9.17) is 0 Å². The zero-order valence-electron chi connectivity index (χ0n) is 14.2. The lowest BCUT2D eigenvalue weighted by molar-refractivity contribution is -0.117. The van der Waals surface area contributed by atoms with Gasteiger partial charge in [0, 0.05) is 43.2 Å². The SMILES string of the molecule is Cc1nnc2n1C[C@@H](NC(=O)c1ccc(N3CCCC3=O)cc1)CC2. The summed E-state index contributed by atoms with van der Waals surface area (Å²) in [5, 5.41) is 11.3. The van der Waals surface area contributed by atoms with Gasteiger partial charge in [0.25, 0.3) is 5.91 Å². The molecule has 130 valence electrons. The van der Waals surface area contributed by atoms with Crippen LogP contribution in [0.4, 0.5) is 5.69 Å². The lowest BCUT2D eigenvalue weighted by Gasteiger charge is -2.25. The average Bonchev–Trinajstić information content (AvgIpc) is 3.21. The minimum absolute atomic E-state index is 0.0783. The molecular weight excluding hydrogens is 318 g/mol. The Balaban J connectivity index is 1.41. The van der Waals surface area contributed by atoms with E-state index in [9.17, 15) is 9.59 Å². The number of hydrogen-bond acceptors (Lipinski definition) is 4. The van der Waals surface area contributed by atoms with Gasteiger partial charge in [0.05, 0.1) is 0 Å². The number of aryl methyl sites for hydroxylation is 2. The summed E-state index contributed by atoms with van der Waals surface area (Å²) in [6, 6.07) is 7.35. The first kappa shape index (κ1) is 15.8.